The SMILES string of the molecule is CC(CNC(=O)Nc1cccc(F)c1)Cn1cccn1. The number of aromatic nitrogens is 2. The fraction of sp³-hybridized carbons (Fsp3) is 0.286. The number of nitrogens with one attached hydrogen (secondary N) is 2. The van der Waals surface area contributed by atoms with Crippen molar-refractivity contribution in [1.29, 1.82) is 0 Å². The summed E-state index contributed by atoms with van der Waals surface area (Å²) < 4.78 is 14.8. The van der Waals surface area contributed by atoms with Crippen LogP contribution in [0.2, 0.25) is 0 Å². The first-order valence-electron chi connectivity index (χ1n) is 6.41. The standard InChI is InChI=1S/C14H17FN4O/c1-11(10-19-7-3-6-17-19)9-16-14(20)18-13-5-2-4-12(15)8-13/h2-8,11H,9-10H2,1H3,(H2,16,18,20). The number of carbonyl (C=O) groups is 1. The zero-order valence-electron chi connectivity index (χ0n) is 11.2. The van der Waals surface area contributed by atoms with Gasteiger partial charge in [0.1, 0.15) is 5.82 Å². The average Bonchev–Trinajstić information content (AvgIpc) is 2.89. The van der Waals surface area contributed by atoms with Crippen LogP contribution in [-0.4, -0.2) is 22.4 Å². The van der Waals surface area contributed by atoms with E-state index in [1.807, 2.05) is 23.9 Å². The minimum absolute atomic E-state index is 0.244. The number of carbonyl (C=O) groups excluding carboxylic acids is 1. The highest BCUT2D eigenvalue weighted by Crippen LogP contribution is 2.08. The van der Waals surface area contributed by atoms with Gasteiger partial charge in [0.15, 0.2) is 0 Å². The lowest BCUT2D eigenvalue weighted by molar-refractivity contribution is 0.249. The smallest absolute Gasteiger partial charge is 0.319 e. The maximum absolute atomic E-state index is 13.0. The van der Waals surface area contributed by atoms with Crippen LogP contribution >= 0.6 is 0 Å². The van der Waals surface area contributed by atoms with Crippen LogP contribution in [0.3, 0.4) is 0 Å². The molecule has 2 rings (SSSR count). The number of amides is 2. The molecule has 1 unspecified atom stereocenters. The van der Waals surface area contributed by atoms with Gasteiger partial charge in [-0.15, -0.1) is 0 Å². The van der Waals surface area contributed by atoms with Crippen molar-refractivity contribution in [3.63, 3.8) is 0 Å². The van der Waals surface area contributed by atoms with Crippen LogP contribution in [0.1, 0.15) is 6.92 Å². The van der Waals surface area contributed by atoms with Gasteiger partial charge in [0.25, 0.3) is 0 Å². The second kappa shape index (κ2) is 6.70. The Labute approximate surface area is 116 Å². The van der Waals surface area contributed by atoms with Crippen LogP contribution in [0.5, 0.6) is 0 Å². The maximum Gasteiger partial charge on any atom is 0.319 e. The molecular weight excluding hydrogens is 259 g/mol. The van der Waals surface area contributed by atoms with E-state index in [0.717, 1.165) is 6.54 Å². The van der Waals surface area contributed by atoms with Crippen LogP contribution in [0.15, 0.2) is 42.7 Å². The number of hydrogen-bond acceptors (Lipinski definition) is 2. The molecule has 0 saturated heterocycles. The molecule has 1 aromatic carbocycles. The second-order valence-electron chi connectivity index (χ2n) is 4.68. The zero-order valence-corrected chi connectivity index (χ0v) is 11.2. The molecule has 0 aliphatic carbocycles. The second-order valence-corrected chi connectivity index (χ2v) is 4.68. The minimum Gasteiger partial charge on any atom is -0.338 e. The largest absolute Gasteiger partial charge is 0.338 e. The van der Waals surface area contributed by atoms with Crippen molar-refractivity contribution in [2.24, 2.45) is 5.92 Å². The Morgan fingerprint density at radius 2 is 2.30 bits per heavy atom. The number of nitrogens with zero attached hydrogens (tertiary/aromatic N) is 2. The Bertz CT molecular complexity index is 556. The molecule has 2 N–H and O–H groups in total. The van der Waals surface area contributed by atoms with Gasteiger partial charge in [-0.3, -0.25) is 4.68 Å². The van der Waals surface area contributed by atoms with E-state index in [0.29, 0.717) is 12.2 Å². The molecular formula is C14H17FN4O. The van der Waals surface area contributed by atoms with Gasteiger partial charge in [-0.25, -0.2) is 9.18 Å². The predicted molar refractivity (Wildman–Crippen MR) is 74.8 cm³/mol. The lowest BCUT2D eigenvalue weighted by Gasteiger charge is -2.13. The maximum atomic E-state index is 13.0. The molecule has 2 amide bonds. The van der Waals surface area contributed by atoms with Gasteiger partial charge in [-0.1, -0.05) is 13.0 Å². The molecule has 0 aliphatic rings. The molecule has 0 spiro atoms. The van der Waals surface area contributed by atoms with Gasteiger partial charge in [-0.2, -0.15) is 5.10 Å². The van der Waals surface area contributed by atoms with Crippen LogP contribution in [-0.2, 0) is 6.54 Å². The Kier molecular flexibility index (Phi) is 4.70. The van der Waals surface area contributed by atoms with E-state index in [9.17, 15) is 9.18 Å². The molecule has 0 radical (unpaired) electrons. The van der Waals surface area contributed by atoms with Gasteiger partial charge in [0.2, 0.25) is 0 Å². The highest BCUT2D eigenvalue weighted by Gasteiger charge is 2.07. The summed E-state index contributed by atoms with van der Waals surface area (Å²) in [5.41, 5.74) is 0.433. The van der Waals surface area contributed by atoms with E-state index < -0.39 is 0 Å². The van der Waals surface area contributed by atoms with Gasteiger partial charge >= 0.3 is 6.03 Å². The molecule has 0 fully saturated rings. The molecule has 0 aliphatic heterocycles. The third-order valence-electron chi connectivity index (χ3n) is 2.75. The van der Waals surface area contributed by atoms with E-state index in [1.165, 1.54) is 12.1 Å². The number of halogens is 1. The molecule has 20 heavy (non-hydrogen) atoms. The van der Waals surface area contributed by atoms with Crippen molar-refractivity contribution < 1.29 is 9.18 Å². The molecule has 106 valence electrons. The summed E-state index contributed by atoms with van der Waals surface area (Å²) in [6.45, 7) is 3.26. The first kappa shape index (κ1) is 14.0. The van der Waals surface area contributed by atoms with Gasteiger partial charge in [0.05, 0.1) is 0 Å². The monoisotopic (exact) mass is 276 g/mol. The van der Waals surface area contributed by atoms with E-state index in [1.54, 1.807) is 18.3 Å². The van der Waals surface area contributed by atoms with Crippen molar-refractivity contribution in [3.8, 4) is 0 Å². The van der Waals surface area contributed by atoms with Crippen molar-refractivity contribution in [3.05, 3.63) is 48.5 Å². The molecule has 1 heterocycles. The number of urea groups is 1. The van der Waals surface area contributed by atoms with Crippen LogP contribution in [0.25, 0.3) is 0 Å². The van der Waals surface area contributed by atoms with Gasteiger partial charge in [-0.05, 0) is 30.2 Å². The van der Waals surface area contributed by atoms with E-state index >= 15 is 0 Å². The van der Waals surface area contributed by atoms with Crippen molar-refractivity contribution in [1.82, 2.24) is 15.1 Å². The first-order valence-corrected chi connectivity index (χ1v) is 6.41. The third-order valence-corrected chi connectivity index (χ3v) is 2.75. The molecule has 1 atom stereocenters. The van der Waals surface area contributed by atoms with E-state index in [2.05, 4.69) is 15.7 Å². The first-order chi connectivity index (χ1) is 9.63. The van der Waals surface area contributed by atoms with E-state index in [4.69, 9.17) is 0 Å². The summed E-state index contributed by atoms with van der Waals surface area (Å²) in [5, 5.41) is 9.44. The number of benzene rings is 1. The van der Waals surface area contributed by atoms with Crippen molar-refractivity contribution in [2.75, 3.05) is 11.9 Å². The van der Waals surface area contributed by atoms with Crippen LogP contribution in [0.4, 0.5) is 14.9 Å². The Morgan fingerprint density at radius 3 is 3.00 bits per heavy atom. The summed E-state index contributed by atoms with van der Waals surface area (Å²) in [5.74, 6) is -0.136. The number of anilines is 1. The topological polar surface area (TPSA) is 59.0 Å². The zero-order chi connectivity index (χ0) is 14.4. The van der Waals surface area contributed by atoms with E-state index in [-0.39, 0.29) is 17.8 Å². The Hall–Kier alpha value is -2.37. The highest BCUT2D eigenvalue weighted by atomic mass is 19.1. The van der Waals surface area contributed by atoms with Gasteiger partial charge < -0.3 is 10.6 Å². The van der Waals surface area contributed by atoms with Gasteiger partial charge in [0, 0.05) is 31.2 Å². The fourth-order valence-electron chi connectivity index (χ4n) is 1.80. The van der Waals surface area contributed by atoms with Crippen LogP contribution < -0.4 is 10.6 Å². The average molecular weight is 276 g/mol. The highest BCUT2D eigenvalue weighted by molar-refractivity contribution is 5.89. The lowest BCUT2D eigenvalue weighted by atomic mass is 10.2. The minimum atomic E-state index is -0.380. The van der Waals surface area contributed by atoms with Crippen molar-refractivity contribution in [2.45, 2.75) is 13.5 Å². The molecule has 0 bridgehead atoms. The van der Waals surface area contributed by atoms with Crippen molar-refractivity contribution >= 4 is 11.7 Å². The molecule has 0 saturated carbocycles. The third kappa shape index (κ3) is 4.38. The summed E-state index contributed by atoms with van der Waals surface area (Å²) in [4.78, 5) is 11.7. The summed E-state index contributed by atoms with van der Waals surface area (Å²) in [7, 11) is 0. The molecule has 6 heteroatoms. The predicted octanol–water partition coefficient (Wildman–Crippen LogP) is 2.48. The summed E-state index contributed by atoms with van der Waals surface area (Å²) in [6.07, 6.45) is 3.60. The summed E-state index contributed by atoms with van der Waals surface area (Å²) >= 11 is 0. The number of rotatable bonds is 5. The molecule has 2 aromatic rings. The molecule has 1 aromatic heterocycles. The summed E-state index contributed by atoms with van der Waals surface area (Å²) in [6, 6.07) is 7.29. The normalized spacial score (nSPS) is 11.9. The molecule has 5 nitrogen and oxygen atoms in total. The fourth-order valence-corrected chi connectivity index (χ4v) is 1.80. The lowest BCUT2D eigenvalue weighted by Crippen LogP contribution is -2.33. The number of hydrogen-bond donors (Lipinski definition) is 2. The Morgan fingerprint density at radius 1 is 1.45 bits per heavy atom. The van der Waals surface area contributed by atoms with Crippen LogP contribution in [0, 0.1) is 11.7 Å². The Balaban J connectivity index is 1.74. The quantitative estimate of drug-likeness (QED) is 0.881.